The molecule has 0 aromatic heterocycles. The van der Waals surface area contributed by atoms with Crippen LogP contribution in [0.2, 0.25) is 0 Å². The van der Waals surface area contributed by atoms with Gasteiger partial charge in [-0.1, -0.05) is 60.7 Å². The summed E-state index contributed by atoms with van der Waals surface area (Å²) in [4.78, 5) is 5.00. The highest BCUT2D eigenvalue weighted by atomic mass is 16.5. The van der Waals surface area contributed by atoms with Crippen LogP contribution in [0.3, 0.4) is 0 Å². The predicted molar refractivity (Wildman–Crippen MR) is 130 cm³/mol. The number of hydrogen-bond acceptors (Lipinski definition) is 5. The van der Waals surface area contributed by atoms with Crippen LogP contribution in [-0.4, -0.2) is 60.4 Å². The lowest BCUT2D eigenvalue weighted by molar-refractivity contribution is -0.198. The van der Waals surface area contributed by atoms with E-state index in [0.717, 1.165) is 37.7 Å². The first-order valence-electron chi connectivity index (χ1n) is 11.6. The molecule has 5 rings (SSSR count). The second-order valence-electron chi connectivity index (χ2n) is 9.18. The molecule has 2 aliphatic rings. The molecular formula is C28H32N2O3. The quantitative estimate of drug-likeness (QED) is 0.571. The average Bonchev–Trinajstić information content (AvgIpc) is 2.84. The SMILES string of the molecule is COc1cccc(CN2[C@H](CO)[C@H](c3ccccc3)C23CN(Cc2ccccc2OC)C3)c1. The molecule has 3 aromatic rings. The van der Waals surface area contributed by atoms with E-state index in [1.165, 1.54) is 16.7 Å². The Labute approximate surface area is 196 Å². The van der Waals surface area contributed by atoms with Crippen molar-refractivity contribution in [3.05, 3.63) is 95.6 Å². The molecule has 0 aliphatic carbocycles. The lowest BCUT2D eigenvalue weighted by atomic mass is 9.60. The predicted octanol–water partition coefficient (Wildman–Crippen LogP) is 3.92. The van der Waals surface area contributed by atoms with Crippen molar-refractivity contribution >= 4 is 0 Å². The second-order valence-corrected chi connectivity index (χ2v) is 9.18. The minimum absolute atomic E-state index is 0.0137. The van der Waals surface area contributed by atoms with E-state index < -0.39 is 0 Å². The number of ether oxygens (including phenoxy) is 2. The summed E-state index contributed by atoms with van der Waals surface area (Å²) in [5.74, 6) is 2.12. The highest BCUT2D eigenvalue weighted by Crippen LogP contribution is 2.54. The molecule has 172 valence electrons. The molecule has 0 bridgehead atoms. The number of nitrogens with zero attached hydrogens (tertiary/aromatic N) is 2. The van der Waals surface area contributed by atoms with Gasteiger partial charge in [0.2, 0.25) is 0 Å². The summed E-state index contributed by atoms with van der Waals surface area (Å²) in [5.41, 5.74) is 3.75. The van der Waals surface area contributed by atoms with Gasteiger partial charge in [-0.2, -0.15) is 0 Å². The Kier molecular flexibility index (Phi) is 6.11. The minimum atomic E-state index is 0.0137. The molecule has 0 unspecified atom stereocenters. The van der Waals surface area contributed by atoms with Crippen LogP contribution in [0.15, 0.2) is 78.9 Å². The van der Waals surface area contributed by atoms with Crippen LogP contribution in [0.4, 0.5) is 0 Å². The zero-order valence-electron chi connectivity index (χ0n) is 19.4. The molecule has 5 nitrogen and oxygen atoms in total. The van der Waals surface area contributed by atoms with Crippen molar-refractivity contribution in [2.75, 3.05) is 33.9 Å². The van der Waals surface area contributed by atoms with Gasteiger partial charge in [-0.3, -0.25) is 9.80 Å². The van der Waals surface area contributed by atoms with Crippen molar-refractivity contribution in [1.29, 1.82) is 0 Å². The van der Waals surface area contributed by atoms with E-state index in [1.54, 1.807) is 14.2 Å². The Morgan fingerprint density at radius 1 is 0.879 bits per heavy atom. The van der Waals surface area contributed by atoms with Crippen LogP contribution >= 0.6 is 0 Å². The van der Waals surface area contributed by atoms with Crippen LogP contribution in [0.25, 0.3) is 0 Å². The van der Waals surface area contributed by atoms with Crippen LogP contribution < -0.4 is 9.47 Å². The third-order valence-electron chi connectivity index (χ3n) is 7.35. The first-order chi connectivity index (χ1) is 16.2. The fraction of sp³-hybridized carbons (Fsp3) is 0.357. The standard InChI is InChI=1S/C28H32N2O3/c1-32-24-13-8-9-21(15-24)16-30-25(18-31)27(22-10-4-3-5-11-22)28(30)19-29(20-28)17-23-12-6-7-14-26(23)33-2/h3-15,25,27,31H,16-20H2,1-2H3/t25-,27+/m1/s1. The van der Waals surface area contributed by atoms with Gasteiger partial charge in [0, 0.05) is 43.7 Å². The number of hydrogen-bond donors (Lipinski definition) is 1. The number of rotatable bonds is 8. The summed E-state index contributed by atoms with van der Waals surface area (Å²) in [6, 6.07) is 27.3. The van der Waals surface area contributed by atoms with Gasteiger partial charge in [-0.25, -0.2) is 0 Å². The van der Waals surface area contributed by atoms with Gasteiger partial charge in [-0.05, 0) is 29.3 Å². The molecular weight excluding hydrogens is 412 g/mol. The van der Waals surface area contributed by atoms with Crippen molar-refractivity contribution in [1.82, 2.24) is 9.80 Å². The van der Waals surface area contributed by atoms with Crippen molar-refractivity contribution in [2.24, 2.45) is 0 Å². The molecule has 2 heterocycles. The summed E-state index contributed by atoms with van der Waals surface area (Å²) < 4.78 is 11.0. The lowest BCUT2D eigenvalue weighted by Crippen LogP contribution is -2.83. The molecule has 1 spiro atoms. The summed E-state index contributed by atoms with van der Waals surface area (Å²) >= 11 is 0. The average molecular weight is 445 g/mol. The first kappa shape index (κ1) is 22.0. The van der Waals surface area contributed by atoms with Crippen molar-refractivity contribution in [3.63, 3.8) is 0 Å². The maximum Gasteiger partial charge on any atom is 0.123 e. The van der Waals surface area contributed by atoms with Crippen LogP contribution in [-0.2, 0) is 13.1 Å². The summed E-state index contributed by atoms with van der Waals surface area (Å²) in [5, 5.41) is 10.4. The van der Waals surface area contributed by atoms with Crippen molar-refractivity contribution in [2.45, 2.75) is 30.6 Å². The third-order valence-corrected chi connectivity index (χ3v) is 7.35. The number of methoxy groups -OCH3 is 2. The molecule has 0 saturated carbocycles. The lowest BCUT2D eigenvalue weighted by Gasteiger charge is -2.71. The van der Waals surface area contributed by atoms with Gasteiger partial charge in [0.15, 0.2) is 0 Å². The normalized spacial score (nSPS) is 21.9. The number of para-hydroxylation sites is 1. The monoisotopic (exact) mass is 444 g/mol. The van der Waals surface area contributed by atoms with E-state index in [1.807, 2.05) is 24.3 Å². The van der Waals surface area contributed by atoms with Crippen molar-refractivity contribution in [3.8, 4) is 11.5 Å². The van der Waals surface area contributed by atoms with Gasteiger partial charge in [0.25, 0.3) is 0 Å². The second kappa shape index (κ2) is 9.18. The van der Waals surface area contributed by atoms with Gasteiger partial charge in [0.05, 0.1) is 26.4 Å². The minimum Gasteiger partial charge on any atom is -0.497 e. The zero-order valence-corrected chi connectivity index (χ0v) is 19.4. The highest BCUT2D eigenvalue weighted by Gasteiger charge is 2.65. The largest absolute Gasteiger partial charge is 0.497 e. The third kappa shape index (κ3) is 3.90. The van der Waals surface area contributed by atoms with E-state index in [-0.39, 0.29) is 18.2 Å². The van der Waals surface area contributed by atoms with E-state index in [4.69, 9.17) is 9.47 Å². The molecule has 5 heteroatoms. The summed E-state index contributed by atoms with van der Waals surface area (Å²) in [6.45, 7) is 3.74. The van der Waals surface area contributed by atoms with Gasteiger partial charge in [-0.15, -0.1) is 0 Å². The van der Waals surface area contributed by atoms with Gasteiger partial charge < -0.3 is 14.6 Å². The number of benzene rings is 3. The summed E-state index contributed by atoms with van der Waals surface area (Å²) in [7, 11) is 3.43. The molecule has 2 atom stereocenters. The van der Waals surface area contributed by atoms with Crippen LogP contribution in [0.1, 0.15) is 22.6 Å². The first-order valence-corrected chi connectivity index (χ1v) is 11.6. The smallest absolute Gasteiger partial charge is 0.123 e. The number of aliphatic hydroxyl groups excluding tert-OH is 1. The fourth-order valence-electron chi connectivity index (χ4n) is 5.90. The van der Waals surface area contributed by atoms with E-state index >= 15 is 0 Å². The Balaban J connectivity index is 1.41. The maximum atomic E-state index is 10.4. The fourth-order valence-corrected chi connectivity index (χ4v) is 5.90. The molecule has 1 N–H and O–H groups in total. The number of likely N-dealkylation sites (tertiary alicyclic amines) is 2. The maximum absolute atomic E-state index is 10.4. The molecule has 2 fully saturated rings. The Bertz CT molecular complexity index is 1080. The van der Waals surface area contributed by atoms with Crippen LogP contribution in [0.5, 0.6) is 11.5 Å². The topological polar surface area (TPSA) is 45.2 Å². The molecule has 2 aliphatic heterocycles. The van der Waals surface area contributed by atoms with E-state index in [9.17, 15) is 5.11 Å². The zero-order chi connectivity index (χ0) is 22.8. The summed E-state index contributed by atoms with van der Waals surface area (Å²) in [6.07, 6.45) is 0. The Morgan fingerprint density at radius 2 is 1.64 bits per heavy atom. The van der Waals surface area contributed by atoms with Gasteiger partial charge >= 0.3 is 0 Å². The molecule has 2 saturated heterocycles. The van der Waals surface area contributed by atoms with Crippen molar-refractivity contribution < 1.29 is 14.6 Å². The molecule has 0 radical (unpaired) electrons. The van der Waals surface area contributed by atoms with Gasteiger partial charge in [0.1, 0.15) is 11.5 Å². The molecule has 0 amide bonds. The van der Waals surface area contributed by atoms with E-state index in [2.05, 4.69) is 64.4 Å². The Hall–Kier alpha value is -2.86. The number of aliphatic hydroxyl groups is 1. The van der Waals surface area contributed by atoms with Crippen LogP contribution in [0, 0.1) is 0 Å². The van der Waals surface area contributed by atoms with E-state index in [0.29, 0.717) is 5.92 Å². The molecule has 33 heavy (non-hydrogen) atoms. The Morgan fingerprint density at radius 3 is 2.36 bits per heavy atom. The highest BCUT2D eigenvalue weighted by molar-refractivity contribution is 5.39. The molecule has 3 aromatic carbocycles.